The monoisotopic (exact) mass is 252 g/mol. The van der Waals surface area contributed by atoms with Crippen molar-refractivity contribution in [2.45, 2.75) is 6.92 Å². The summed E-state index contributed by atoms with van der Waals surface area (Å²) in [6.45, 7) is 1.65. The number of halogens is 2. The second-order valence-corrected chi connectivity index (χ2v) is 5.90. The molecule has 0 spiro atoms. The zero-order chi connectivity index (χ0) is 11.5. The van der Waals surface area contributed by atoms with E-state index < -0.39 is 14.9 Å². The first-order chi connectivity index (χ1) is 6.88. The first kappa shape index (κ1) is 12.3. The highest BCUT2D eigenvalue weighted by molar-refractivity contribution is 8.13. The Morgan fingerprint density at radius 3 is 2.73 bits per heavy atom. The molecule has 0 radical (unpaired) electrons. The van der Waals surface area contributed by atoms with E-state index in [1.807, 2.05) is 0 Å². The lowest BCUT2D eigenvalue weighted by molar-refractivity contribution is 0.337. The van der Waals surface area contributed by atoms with E-state index >= 15 is 0 Å². The molecule has 1 aromatic rings. The summed E-state index contributed by atoms with van der Waals surface area (Å²) in [7, 11) is 1.42. The van der Waals surface area contributed by atoms with E-state index in [1.165, 1.54) is 12.1 Å². The third kappa shape index (κ3) is 4.48. The van der Waals surface area contributed by atoms with E-state index in [9.17, 15) is 12.8 Å². The topological polar surface area (TPSA) is 43.4 Å². The Morgan fingerprint density at radius 1 is 1.47 bits per heavy atom. The van der Waals surface area contributed by atoms with Crippen molar-refractivity contribution in [1.29, 1.82) is 0 Å². The predicted octanol–water partition coefficient (Wildman–Crippen LogP) is 2.08. The summed E-state index contributed by atoms with van der Waals surface area (Å²) >= 11 is 0. The van der Waals surface area contributed by atoms with Crippen LogP contribution in [0.25, 0.3) is 0 Å². The van der Waals surface area contributed by atoms with Crippen LogP contribution in [0.3, 0.4) is 0 Å². The molecule has 84 valence electrons. The fourth-order valence-electron chi connectivity index (χ4n) is 0.981. The number of benzene rings is 1. The third-order valence-electron chi connectivity index (χ3n) is 1.73. The lowest BCUT2D eigenvalue weighted by atomic mass is 10.2. The summed E-state index contributed by atoms with van der Waals surface area (Å²) < 4.78 is 39.0. The summed E-state index contributed by atoms with van der Waals surface area (Å²) in [5.74, 6) is -0.399. The van der Waals surface area contributed by atoms with Crippen molar-refractivity contribution in [2.75, 3.05) is 12.4 Å². The quantitative estimate of drug-likeness (QED) is 0.771. The van der Waals surface area contributed by atoms with Crippen molar-refractivity contribution in [1.82, 2.24) is 0 Å². The summed E-state index contributed by atoms with van der Waals surface area (Å²) in [6, 6.07) is 4.07. The van der Waals surface area contributed by atoms with Gasteiger partial charge in [0.25, 0.3) is 0 Å². The number of ether oxygens (including phenoxy) is 1. The molecule has 0 fully saturated rings. The van der Waals surface area contributed by atoms with Crippen LogP contribution in [0.15, 0.2) is 18.2 Å². The van der Waals surface area contributed by atoms with Crippen LogP contribution in [0.4, 0.5) is 4.39 Å². The van der Waals surface area contributed by atoms with Gasteiger partial charge in [0.15, 0.2) is 0 Å². The van der Waals surface area contributed by atoms with Crippen LogP contribution >= 0.6 is 10.7 Å². The Bertz CT molecular complexity index is 445. The smallest absolute Gasteiger partial charge is 0.235 e. The van der Waals surface area contributed by atoms with Gasteiger partial charge >= 0.3 is 0 Å². The van der Waals surface area contributed by atoms with Crippen molar-refractivity contribution in [2.24, 2.45) is 0 Å². The van der Waals surface area contributed by atoms with Crippen molar-refractivity contribution >= 4 is 19.7 Å². The minimum atomic E-state index is -3.56. The standard InChI is InChI=1S/C9H10ClFO3S/c1-7-2-3-8(11)6-9(7)14-4-5-15(10,12)13/h2-3,6H,4-5H2,1H3. The Hall–Kier alpha value is -0.810. The molecule has 1 aromatic carbocycles. The van der Waals surface area contributed by atoms with E-state index in [-0.39, 0.29) is 12.4 Å². The van der Waals surface area contributed by atoms with Gasteiger partial charge in [0.05, 0.1) is 5.75 Å². The van der Waals surface area contributed by atoms with Gasteiger partial charge in [-0.2, -0.15) is 0 Å². The molecular formula is C9H10ClFO3S. The maximum atomic E-state index is 12.8. The largest absolute Gasteiger partial charge is 0.492 e. The van der Waals surface area contributed by atoms with E-state index in [0.717, 1.165) is 5.56 Å². The Labute approximate surface area is 92.2 Å². The molecule has 0 aliphatic carbocycles. The highest BCUT2D eigenvalue weighted by Crippen LogP contribution is 2.18. The second-order valence-electron chi connectivity index (χ2n) is 3.00. The van der Waals surface area contributed by atoms with Gasteiger partial charge in [0, 0.05) is 16.7 Å². The normalized spacial score (nSPS) is 11.4. The van der Waals surface area contributed by atoms with Crippen LogP contribution in [-0.2, 0) is 9.05 Å². The molecule has 3 nitrogen and oxygen atoms in total. The molecule has 0 saturated heterocycles. The van der Waals surface area contributed by atoms with E-state index in [1.54, 1.807) is 13.0 Å². The van der Waals surface area contributed by atoms with Crippen LogP contribution in [0.1, 0.15) is 5.56 Å². The average Bonchev–Trinajstić information content (AvgIpc) is 2.09. The van der Waals surface area contributed by atoms with Crippen LogP contribution in [0.2, 0.25) is 0 Å². The molecule has 0 atom stereocenters. The Kier molecular flexibility index (Phi) is 3.93. The number of hydrogen-bond donors (Lipinski definition) is 0. The van der Waals surface area contributed by atoms with Crippen LogP contribution in [0, 0.1) is 12.7 Å². The minimum absolute atomic E-state index is 0.0872. The zero-order valence-electron chi connectivity index (χ0n) is 8.04. The molecular weight excluding hydrogens is 243 g/mol. The van der Waals surface area contributed by atoms with Gasteiger partial charge in [-0.1, -0.05) is 6.07 Å². The van der Waals surface area contributed by atoms with E-state index in [4.69, 9.17) is 15.4 Å². The maximum Gasteiger partial charge on any atom is 0.235 e. The molecule has 15 heavy (non-hydrogen) atoms. The average molecular weight is 253 g/mol. The van der Waals surface area contributed by atoms with Crippen LogP contribution in [-0.4, -0.2) is 20.8 Å². The number of rotatable bonds is 4. The predicted molar refractivity (Wildman–Crippen MR) is 56.3 cm³/mol. The van der Waals surface area contributed by atoms with Gasteiger partial charge in [0.1, 0.15) is 18.2 Å². The van der Waals surface area contributed by atoms with Gasteiger partial charge in [0.2, 0.25) is 9.05 Å². The first-order valence-electron chi connectivity index (χ1n) is 4.20. The SMILES string of the molecule is Cc1ccc(F)cc1OCCS(=O)(=O)Cl. The second kappa shape index (κ2) is 4.81. The number of hydrogen-bond acceptors (Lipinski definition) is 3. The molecule has 0 aromatic heterocycles. The van der Waals surface area contributed by atoms with Gasteiger partial charge in [-0.15, -0.1) is 0 Å². The van der Waals surface area contributed by atoms with E-state index in [0.29, 0.717) is 5.75 Å². The summed E-state index contributed by atoms with van der Waals surface area (Å²) in [5.41, 5.74) is 0.739. The van der Waals surface area contributed by atoms with Gasteiger partial charge in [-0.25, -0.2) is 12.8 Å². The van der Waals surface area contributed by atoms with Gasteiger partial charge in [-0.05, 0) is 18.6 Å². The fourth-order valence-corrected chi connectivity index (χ4v) is 1.45. The lowest BCUT2D eigenvalue weighted by Crippen LogP contribution is -2.09. The highest BCUT2D eigenvalue weighted by atomic mass is 35.7. The third-order valence-corrected chi connectivity index (χ3v) is 2.85. The van der Waals surface area contributed by atoms with Crippen molar-refractivity contribution in [3.05, 3.63) is 29.6 Å². The van der Waals surface area contributed by atoms with Crippen molar-refractivity contribution < 1.29 is 17.5 Å². The van der Waals surface area contributed by atoms with Crippen LogP contribution in [0.5, 0.6) is 5.75 Å². The minimum Gasteiger partial charge on any atom is -0.492 e. The molecule has 0 unspecified atom stereocenters. The van der Waals surface area contributed by atoms with Crippen LogP contribution < -0.4 is 4.74 Å². The van der Waals surface area contributed by atoms with Crippen molar-refractivity contribution in [3.8, 4) is 5.75 Å². The molecule has 0 heterocycles. The molecule has 0 saturated carbocycles. The molecule has 0 N–H and O–H groups in total. The molecule has 0 aliphatic rings. The molecule has 1 rings (SSSR count). The van der Waals surface area contributed by atoms with E-state index in [2.05, 4.69) is 0 Å². The maximum absolute atomic E-state index is 12.8. The molecule has 0 amide bonds. The summed E-state index contributed by atoms with van der Waals surface area (Å²) in [5, 5.41) is 0. The summed E-state index contributed by atoms with van der Waals surface area (Å²) in [4.78, 5) is 0. The first-order valence-corrected chi connectivity index (χ1v) is 6.67. The fraction of sp³-hybridized carbons (Fsp3) is 0.333. The lowest BCUT2D eigenvalue weighted by Gasteiger charge is -2.07. The zero-order valence-corrected chi connectivity index (χ0v) is 9.61. The molecule has 6 heteroatoms. The molecule has 0 bridgehead atoms. The highest BCUT2D eigenvalue weighted by Gasteiger charge is 2.07. The Morgan fingerprint density at radius 2 is 2.13 bits per heavy atom. The van der Waals surface area contributed by atoms with Gasteiger partial charge in [-0.3, -0.25) is 0 Å². The summed E-state index contributed by atoms with van der Waals surface area (Å²) in [6.07, 6.45) is 0. The van der Waals surface area contributed by atoms with Crippen molar-refractivity contribution in [3.63, 3.8) is 0 Å². The van der Waals surface area contributed by atoms with Gasteiger partial charge < -0.3 is 4.74 Å². The Balaban J connectivity index is 2.61. The molecule has 0 aliphatic heterocycles. The number of aryl methyl sites for hydroxylation is 1.